The molecule has 0 saturated heterocycles. The average molecular weight is 312 g/mol. The maximum absolute atomic E-state index is 2.20. The molecule has 0 spiro atoms. The van der Waals surface area contributed by atoms with Crippen LogP contribution in [0.1, 0.15) is 0 Å². The van der Waals surface area contributed by atoms with E-state index in [1.807, 2.05) is 6.07 Å². The molecule has 110 valence electrons. The quantitative estimate of drug-likeness (QED) is 0.392. The number of hydrogen-bond acceptors (Lipinski definition) is 1. The maximum atomic E-state index is 2.20. The summed E-state index contributed by atoms with van der Waals surface area (Å²) in [7, 11) is 0. The third-order valence-corrected chi connectivity index (χ3v) is 4.75. The Morgan fingerprint density at radius 1 is 0.391 bits per heavy atom. The summed E-state index contributed by atoms with van der Waals surface area (Å²) in [6.45, 7) is 0. The van der Waals surface area contributed by atoms with Crippen LogP contribution in [0, 0.1) is 0 Å². The summed E-state index contributed by atoms with van der Waals surface area (Å²) in [4.78, 5) is 0. The van der Waals surface area contributed by atoms with Gasteiger partial charge in [0.25, 0.3) is 0 Å². The van der Waals surface area contributed by atoms with Gasteiger partial charge in [0, 0.05) is 0 Å². The van der Waals surface area contributed by atoms with Gasteiger partial charge < -0.3 is 0 Å². The lowest BCUT2D eigenvalue weighted by atomic mass is 9.99. The van der Waals surface area contributed by atoms with Gasteiger partial charge in [0.15, 0.2) is 0 Å². The minimum absolute atomic E-state index is 1.25. The van der Waals surface area contributed by atoms with Crippen molar-refractivity contribution >= 4 is 11.3 Å². The Kier molecular flexibility index (Phi) is 3.79. The number of hydrogen-bond donors (Lipinski definition) is 0. The molecule has 0 amide bonds. The molecule has 0 aliphatic rings. The second-order valence-electron chi connectivity index (χ2n) is 5.53. The SMILES string of the molecule is c1ccc(-c2ccc(-c3ccc(-c4ccsc4)cc3)cc2)cc1. The average Bonchev–Trinajstić information content (AvgIpc) is 3.18. The first-order chi connectivity index (χ1) is 11.4. The van der Waals surface area contributed by atoms with Crippen LogP contribution in [0.4, 0.5) is 0 Å². The summed E-state index contributed by atoms with van der Waals surface area (Å²) in [6, 6.07) is 30.2. The van der Waals surface area contributed by atoms with Crippen molar-refractivity contribution < 1.29 is 0 Å². The lowest BCUT2D eigenvalue weighted by Gasteiger charge is -2.06. The predicted molar refractivity (Wildman–Crippen MR) is 101 cm³/mol. The highest BCUT2D eigenvalue weighted by Crippen LogP contribution is 2.28. The van der Waals surface area contributed by atoms with Gasteiger partial charge in [0.1, 0.15) is 0 Å². The van der Waals surface area contributed by atoms with Crippen molar-refractivity contribution in [3.05, 3.63) is 95.7 Å². The summed E-state index contributed by atoms with van der Waals surface area (Å²) in [5.41, 5.74) is 7.58. The fourth-order valence-corrected chi connectivity index (χ4v) is 3.43. The van der Waals surface area contributed by atoms with E-state index in [-0.39, 0.29) is 0 Å². The zero-order valence-corrected chi connectivity index (χ0v) is 13.5. The topological polar surface area (TPSA) is 0 Å². The van der Waals surface area contributed by atoms with Gasteiger partial charge in [-0.15, -0.1) is 0 Å². The van der Waals surface area contributed by atoms with Crippen LogP contribution in [0.2, 0.25) is 0 Å². The van der Waals surface area contributed by atoms with Gasteiger partial charge in [-0.2, -0.15) is 11.3 Å². The van der Waals surface area contributed by atoms with Crippen LogP contribution in [0.15, 0.2) is 95.7 Å². The number of rotatable bonds is 3. The highest BCUT2D eigenvalue weighted by atomic mass is 32.1. The van der Waals surface area contributed by atoms with Gasteiger partial charge in [0.2, 0.25) is 0 Å². The molecule has 1 aromatic heterocycles. The minimum Gasteiger partial charge on any atom is -0.152 e. The Bertz CT molecular complexity index is 871. The van der Waals surface area contributed by atoms with E-state index < -0.39 is 0 Å². The second kappa shape index (κ2) is 6.23. The fourth-order valence-electron chi connectivity index (χ4n) is 2.77. The molecule has 0 radical (unpaired) electrons. The van der Waals surface area contributed by atoms with Crippen molar-refractivity contribution in [1.82, 2.24) is 0 Å². The van der Waals surface area contributed by atoms with E-state index in [1.165, 1.54) is 33.4 Å². The molecule has 0 atom stereocenters. The van der Waals surface area contributed by atoms with Crippen LogP contribution in [0.25, 0.3) is 33.4 Å². The molecule has 4 aromatic rings. The minimum atomic E-state index is 1.25. The van der Waals surface area contributed by atoms with Gasteiger partial charge in [-0.05, 0) is 50.2 Å². The first kappa shape index (κ1) is 14.0. The highest BCUT2D eigenvalue weighted by Gasteiger charge is 2.02. The van der Waals surface area contributed by atoms with Gasteiger partial charge in [-0.25, -0.2) is 0 Å². The van der Waals surface area contributed by atoms with Crippen LogP contribution >= 0.6 is 11.3 Å². The van der Waals surface area contributed by atoms with Crippen molar-refractivity contribution in [1.29, 1.82) is 0 Å². The lowest BCUT2D eigenvalue weighted by molar-refractivity contribution is 1.59. The molecule has 4 rings (SSSR count). The fraction of sp³-hybridized carbons (Fsp3) is 0. The van der Waals surface area contributed by atoms with Crippen LogP contribution in [0.5, 0.6) is 0 Å². The second-order valence-corrected chi connectivity index (χ2v) is 6.31. The van der Waals surface area contributed by atoms with Crippen molar-refractivity contribution in [2.45, 2.75) is 0 Å². The summed E-state index contributed by atoms with van der Waals surface area (Å²) in [6.07, 6.45) is 0. The van der Waals surface area contributed by atoms with Crippen molar-refractivity contribution in [3.63, 3.8) is 0 Å². The predicted octanol–water partition coefficient (Wildman–Crippen LogP) is 6.75. The molecule has 0 N–H and O–H groups in total. The van der Waals surface area contributed by atoms with Crippen LogP contribution in [-0.2, 0) is 0 Å². The van der Waals surface area contributed by atoms with E-state index in [1.54, 1.807) is 11.3 Å². The Morgan fingerprint density at radius 2 is 0.826 bits per heavy atom. The summed E-state index contributed by atoms with van der Waals surface area (Å²) >= 11 is 1.73. The van der Waals surface area contributed by atoms with Gasteiger partial charge in [0.05, 0.1) is 0 Å². The molecule has 1 heteroatoms. The van der Waals surface area contributed by atoms with Crippen molar-refractivity contribution in [2.24, 2.45) is 0 Å². The third kappa shape index (κ3) is 2.96. The Morgan fingerprint density at radius 3 is 1.26 bits per heavy atom. The van der Waals surface area contributed by atoms with Gasteiger partial charge in [-0.1, -0.05) is 78.9 Å². The van der Waals surface area contributed by atoms with E-state index in [0.717, 1.165) is 0 Å². The number of benzene rings is 3. The van der Waals surface area contributed by atoms with Crippen LogP contribution in [0.3, 0.4) is 0 Å². The van der Waals surface area contributed by atoms with E-state index in [0.29, 0.717) is 0 Å². The smallest absolute Gasteiger partial charge is 0.00147 e. The molecule has 0 aliphatic carbocycles. The number of thiophene rings is 1. The van der Waals surface area contributed by atoms with Crippen LogP contribution < -0.4 is 0 Å². The molecule has 0 bridgehead atoms. The zero-order valence-electron chi connectivity index (χ0n) is 12.6. The first-order valence-electron chi connectivity index (χ1n) is 7.69. The molecule has 0 nitrogen and oxygen atoms in total. The van der Waals surface area contributed by atoms with E-state index >= 15 is 0 Å². The van der Waals surface area contributed by atoms with Gasteiger partial charge >= 0.3 is 0 Å². The normalized spacial score (nSPS) is 10.6. The maximum Gasteiger partial charge on any atom is -0.00147 e. The third-order valence-electron chi connectivity index (χ3n) is 4.06. The summed E-state index contributed by atoms with van der Waals surface area (Å²) < 4.78 is 0. The highest BCUT2D eigenvalue weighted by molar-refractivity contribution is 7.08. The molecular formula is C22H16S. The van der Waals surface area contributed by atoms with E-state index in [9.17, 15) is 0 Å². The first-order valence-corrected chi connectivity index (χ1v) is 8.63. The van der Waals surface area contributed by atoms with Crippen LogP contribution in [-0.4, -0.2) is 0 Å². The molecule has 0 saturated carbocycles. The molecule has 1 heterocycles. The Balaban J connectivity index is 1.61. The standard InChI is InChI=1S/C22H16S/c1-2-4-17(5-3-1)18-6-8-19(9-7-18)20-10-12-21(13-11-20)22-14-15-23-16-22/h1-16H. The molecule has 23 heavy (non-hydrogen) atoms. The largest absolute Gasteiger partial charge is 0.152 e. The molecule has 0 fully saturated rings. The van der Waals surface area contributed by atoms with Gasteiger partial charge in [-0.3, -0.25) is 0 Å². The molecule has 3 aromatic carbocycles. The van der Waals surface area contributed by atoms with Crippen molar-refractivity contribution in [2.75, 3.05) is 0 Å². The lowest BCUT2D eigenvalue weighted by Crippen LogP contribution is -1.81. The molecular weight excluding hydrogens is 296 g/mol. The summed E-state index contributed by atoms with van der Waals surface area (Å²) in [5.74, 6) is 0. The molecule has 0 unspecified atom stereocenters. The van der Waals surface area contributed by atoms with Crippen molar-refractivity contribution in [3.8, 4) is 33.4 Å². The monoisotopic (exact) mass is 312 g/mol. The molecule has 0 aliphatic heterocycles. The van der Waals surface area contributed by atoms with E-state index in [4.69, 9.17) is 0 Å². The zero-order chi connectivity index (χ0) is 15.5. The Labute approximate surface area is 140 Å². The van der Waals surface area contributed by atoms with E-state index in [2.05, 4.69) is 89.6 Å². The Hall–Kier alpha value is -2.64. The summed E-state index contributed by atoms with van der Waals surface area (Å²) in [5, 5.41) is 4.30.